The topological polar surface area (TPSA) is 111 Å². The standard InChI is InChI=1S/C17H15NO7/c19-14-7-8-15(20)18(14)25-17(22)5-2-10-23-12-3-1-4-13-11(12)6-9-16(21)24-13/h1,3-4,6-9,19-20H,2,5,10H2. The van der Waals surface area contributed by atoms with Gasteiger partial charge in [0, 0.05) is 18.2 Å². The minimum atomic E-state index is -0.630. The maximum absolute atomic E-state index is 11.7. The smallest absolute Gasteiger partial charge is 0.336 e. The summed E-state index contributed by atoms with van der Waals surface area (Å²) in [5, 5.41) is 19.4. The van der Waals surface area contributed by atoms with E-state index in [4.69, 9.17) is 14.0 Å². The molecule has 0 amide bonds. The Hall–Kier alpha value is -3.42. The molecule has 0 saturated carbocycles. The Bertz CT molecular complexity index is 938. The van der Waals surface area contributed by atoms with E-state index in [-0.39, 0.29) is 24.8 Å². The third kappa shape index (κ3) is 3.74. The normalized spacial score (nSPS) is 10.7. The molecule has 3 rings (SSSR count). The van der Waals surface area contributed by atoms with E-state index in [9.17, 15) is 19.8 Å². The molecule has 0 aliphatic carbocycles. The summed E-state index contributed by atoms with van der Waals surface area (Å²) < 4.78 is 11.3. The largest absolute Gasteiger partial charge is 0.493 e. The molecule has 0 radical (unpaired) electrons. The van der Waals surface area contributed by atoms with Crippen molar-refractivity contribution in [2.45, 2.75) is 12.8 Å². The minimum absolute atomic E-state index is 0.0247. The van der Waals surface area contributed by atoms with Crippen molar-refractivity contribution in [3.8, 4) is 17.5 Å². The van der Waals surface area contributed by atoms with E-state index in [0.717, 1.165) is 0 Å². The van der Waals surface area contributed by atoms with E-state index >= 15 is 0 Å². The third-order valence-electron chi connectivity index (χ3n) is 3.40. The summed E-state index contributed by atoms with van der Waals surface area (Å²) in [6, 6.07) is 10.4. The van der Waals surface area contributed by atoms with Crippen LogP contribution in [-0.2, 0) is 4.79 Å². The predicted molar refractivity (Wildman–Crippen MR) is 86.6 cm³/mol. The second-order valence-corrected chi connectivity index (χ2v) is 5.18. The van der Waals surface area contributed by atoms with E-state index in [0.29, 0.717) is 27.9 Å². The molecule has 130 valence electrons. The fraction of sp³-hybridized carbons (Fsp3) is 0.176. The van der Waals surface area contributed by atoms with Crippen molar-refractivity contribution in [3.05, 3.63) is 52.9 Å². The average Bonchev–Trinajstić information content (AvgIpc) is 2.90. The van der Waals surface area contributed by atoms with Crippen LogP contribution in [0.5, 0.6) is 17.5 Å². The number of ether oxygens (including phenoxy) is 1. The number of hydrogen-bond donors (Lipinski definition) is 2. The minimum Gasteiger partial charge on any atom is -0.493 e. The van der Waals surface area contributed by atoms with Crippen molar-refractivity contribution in [1.82, 2.24) is 4.73 Å². The molecule has 25 heavy (non-hydrogen) atoms. The number of aromatic hydroxyl groups is 2. The Labute approximate surface area is 141 Å². The molecule has 0 aliphatic heterocycles. The molecule has 0 saturated heterocycles. The number of carbonyl (C=O) groups is 1. The second-order valence-electron chi connectivity index (χ2n) is 5.18. The van der Waals surface area contributed by atoms with Crippen molar-refractivity contribution in [3.63, 3.8) is 0 Å². The highest BCUT2D eigenvalue weighted by atomic mass is 16.7. The fourth-order valence-electron chi connectivity index (χ4n) is 2.24. The lowest BCUT2D eigenvalue weighted by Gasteiger charge is -2.09. The lowest BCUT2D eigenvalue weighted by atomic mass is 10.2. The van der Waals surface area contributed by atoms with Gasteiger partial charge in [0.1, 0.15) is 11.3 Å². The van der Waals surface area contributed by atoms with Crippen LogP contribution in [0.25, 0.3) is 11.0 Å². The summed E-state index contributed by atoms with van der Waals surface area (Å²) in [7, 11) is 0. The van der Waals surface area contributed by atoms with Crippen molar-refractivity contribution in [2.75, 3.05) is 6.61 Å². The lowest BCUT2D eigenvalue weighted by Crippen LogP contribution is -2.19. The van der Waals surface area contributed by atoms with Gasteiger partial charge in [-0.3, -0.25) is 0 Å². The summed E-state index contributed by atoms with van der Waals surface area (Å²) in [6.45, 7) is 0.233. The molecule has 0 fully saturated rings. The highest BCUT2D eigenvalue weighted by molar-refractivity contribution is 5.83. The summed E-state index contributed by atoms with van der Waals surface area (Å²) in [5.41, 5.74) is -0.0214. The maximum atomic E-state index is 11.7. The Morgan fingerprint density at radius 3 is 2.60 bits per heavy atom. The highest BCUT2D eigenvalue weighted by Crippen LogP contribution is 2.24. The molecule has 8 nitrogen and oxygen atoms in total. The van der Waals surface area contributed by atoms with Gasteiger partial charge in [-0.25, -0.2) is 9.59 Å². The first kappa shape index (κ1) is 16.4. The molecular formula is C17H15NO7. The van der Waals surface area contributed by atoms with Crippen LogP contribution < -0.4 is 15.2 Å². The van der Waals surface area contributed by atoms with Gasteiger partial charge in [-0.15, -0.1) is 4.73 Å². The number of aromatic nitrogens is 1. The monoisotopic (exact) mass is 345 g/mol. The quantitative estimate of drug-likeness (QED) is 0.518. The summed E-state index contributed by atoms with van der Waals surface area (Å²) >= 11 is 0. The molecule has 8 heteroatoms. The number of fused-ring (bicyclic) bond motifs is 1. The van der Waals surface area contributed by atoms with Gasteiger partial charge in [0.15, 0.2) is 0 Å². The first-order valence-corrected chi connectivity index (χ1v) is 7.51. The van der Waals surface area contributed by atoms with E-state index < -0.39 is 11.6 Å². The van der Waals surface area contributed by atoms with Gasteiger partial charge in [-0.1, -0.05) is 6.07 Å². The third-order valence-corrected chi connectivity index (χ3v) is 3.40. The molecule has 0 atom stereocenters. The number of rotatable bonds is 6. The number of benzene rings is 1. The van der Waals surface area contributed by atoms with Gasteiger partial charge >= 0.3 is 11.6 Å². The van der Waals surface area contributed by atoms with Gasteiger partial charge in [-0.05, 0) is 24.6 Å². The van der Waals surface area contributed by atoms with Gasteiger partial charge in [0.25, 0.3) is 0 Å². The molecular weight excluding hydrogens is 330 g/mol. The zero-order valence-electron chi connectivity index (χ0n) is 13.0. The van der Waals surface area contributed by atoms with Crippen molar-refractivity contribution in [1.29, 1.82) is 0 Å². The van der Waals surface area contributed by atoms with Crippen LogP contribution in [0.3, 0.4) is 0 Å². The van der Waals surface area contributed by atoms with Crippen molar-refractivity contribution < 1.29 is 29.0 Å². The Kier molecular flexibility index (Phi) is 4.60. The van der Waals surface area contributed by atoms with Gasteiger partial charge < -0.3 is 24.2 Å². The molecule has 3 aromatic rings. The van der Waals surface area contributed by atoms with Crippen LogP contribution in [-0.4, -0.2) is 27.5 Å². The maximum Gasteiger partial charge on any atom is 0.336 e. The van der Waals surface area contributed by atoms with E-state index in [1.807, 2.05) is 0 Å². The van der Waals surface area contributed by atoms with Gasteiger partial charge in [0.05, 0.1) is 18.4 Å². The van der Waals surface area contributed by atoms with Gasteiger partial charge in [-0.2, -0.15) is 0 Å². The Balaban J connectivity index is 1.54. The van der Waals surface area contributed by atoms with Crippen molar-refractivity contribution >= 4 is 16.9 Å². The highest BCUT2D eigenvalue weighted by Gasteiger charge is 2.12. The van der Waals surface area contributed by atoms with Crippen LogP contribution in [0.2, 0.25) is 0 Å². The molecule has 2 N–H and O–H groups in total. The summed E-state index contributed by atoms with van der Waals surface area (Å²) in [4.78, 5) is 27.7. The Morgan fingerprint density at radius 1 is 1.08 bits per heavy atom. The van der Waals surface area contributed by atoms with E-state index in [1.165, 1.54) is 18.2 Å². The van der Waals surface area contributed by atoms with Gasteiger partial charge in [0.2, 0.25) is 11.8 Å². The van der Waals surface area contributed by atoms with Crippen LogP contribution in [0, 0.1) is 0 Å². The first-order chi connectivity index (χ1) is 12.0. The van der Waals surface area contributed by atoms with Crippen LogP contribution in [0.4, 0.5) is 0 Å². The molecule has 0 spiro atoms. The van der Waals surface area contributed by atoms with Crippen LogP contribution in [0.15, 0.2) is 51.7 Å². The molecule has 0 aliphatic rings. The van der Waals surface area contributed by atoms with Crippen LogP contribution >= 0.6 is 0 Å². The average molecular weight is 345 g/mol. The number of nitrogens with zero attached hydrogens (tertiary/aromatic N) is 1. The first-order valence-electron chi connectivity index (χ1n) is 7.51. The zero-order valence-corrected chi connectivity index (χ0v) is 13.0. The Morgan fingerprint density at radius 2 is 1.84 bits per heavy atom. The number of hydrogen-bond acceptors (Lipinski definition) is 7. The fourth-order valence-corrected chi connectivity index (χ4v) is 2.24. The molecule has 0 unspecified atom stereocenters. The molecule has 0 bridgehead atoms. The summed E-state index contributed by atoms with van der Waals surface area (Å²) in [5.74, 6) is -0.844. The summed E-state index contributed by atoms with van der Waals surface area (Å²) in [6.07, 6.45) is 0.381. The second kappa shape index (κ2) is 7.00. The molecule has 2 heterocycles. The lowest BCUT2D eigenvalue weighted by molar-refractivity contribution is -0.145. The van der Waals surface area contributed by atoms with Crippen LogP contribution in [0.1, 0.15) is 12.8 Å². The van der Waals surface area contributed by atoms with E-state index in [1.54, 1.807) is 24.3 Å². The molecule has 1 aromatic carbocycles. The zero-order chi connectivity index (χ0) is 17.8. The SMILES string of the molecule is O=C(CCCOc1cccc2oc(=O)ccc12)On1c(O)ccc1O. The van der Waals surface area contributed by atoms with Crippen molar-refractivity contribution in [2.24, 2.45) is 0 Å². The number of carbonyl (C=O) groups excluding carboxylic acids is 1. The molecule has 2 aromatic heterocycles. The predicted octanol–water partition coefficient (Wildman–Crippen LogP) is 1.82. The van der Waals surface area contributed by atoms with E-state index in [2.05, 4.69) is 0 Å².